The molecule has 0 aliphatic rings. The van der Waals surface area contributed by atoms with E-state index in [0.717, 1.165) is 12.8 Å². The maximum Gasteiger partial charge on any atom is 0.203 e. The van der Waals surface area contributed by atoms with Crippen molar-refractivity contribution in [3.63, 3.8) is 0 Å². The lowest BCUT2D eigenvalue weighted by molar-refractivity contribution is 0.0911. The zero-order chi connectivity index (χ0) is 15.8. The molecule has 0 amide bonds. The Kier molecular flexibility index (Phi) is 7.11. The summed E-state index contributed by atoms with van der Waals surface area (Å²) < 4.78 is 21.6. The summed E-state index contributed by atoms with van der Waals surface area (Å²) in [6, 6.07) is 3.13. The Morgan fingerprint density at radius 3 is 2.05 bits per heavy atom. The third-order valence-corrected chi connectivity index (χ3v) is 3.21. The number of methoxy groups -OCH3 is 3. The summed E-state index contributed by atoms with van der Waals surface area (Å²) in [6.07, 6.45) is 1.22. The van der Waals surface area contributed by atoms with E-state index in [9.17, 15) is 5.11 Å². The van der Waals surface area contributed by atoms with Gasteiger partial charge in [0, 0.05) is 18.2 Å². The summed E-state index contributed by atoms with van der Waals surface area (Å²) in [6.45, 7) is 1.88. The summed E-state index contributed by atoms with van der Waals surface area (Å²) >= 11 is 0. The van der Waals surface area contributed by atoms with Crippen LogP contribution in [0.3, 0.4) is 0 Å². The SMILES string of the molecule is CCCC(N)C(CO)Oc1cc(OC)c(OC)c(OC)c1. The van der Waals surface area contributed by atoms with Gasteiger partial charge in [-0.15, -0.1) is 0 Å². The van der Waals surface area contributed by atoms with Gasteiger partial charge in [0.15, 0.2) is 11.5 Å². The molecule has 1 aromatic carbocycles. The quantitative estimate of drug-likeness (QED) is 0.720. The van der Waals surface area contributed by atoms with E-state index in [2.05, 4.69) is 0 Å². The maximum absolute atomic E-state index is 9.45. The highest BCUT2D eigenvalue weighted by molar-refractivity contribution is 5.55. The van der Waals surface area contributed by atoms with Crippen molar-refractivity contribution in [3.05, 3.63) is 12.1 Å². The lowest BCUT2D eigenvalue weighted by atomic mass is 10.1. The van der Waals surface area contributed by atoms with Crippen LogP contribution in [-0.4, -0.2) is 45.2 Å². The van der Waals surface area contributed by atoms with Crippen LogP contribution in [0.25, 0.3) is 0 Å². The van der Waals surface area contributed by atoms with Gasteiger partial charge in [0.05, 0.1) is 27.9 Å². The van der Waals surface area contributed by atoms with Crippen LogP contribution in [0.15, 0.2) is 12.1 Å². The first-order valence-corrected chi connectivity index (χ1v) is 6.94. The highest BCUT2D eigenvalue weighted by atomic mass is 16.5. The third-order valence-electron chi connectivity index (χ3n) is 3.21. The number of aliphatic hydroxyl groups excluding tert-OH is 1. The Balaban J connectivity index is 3.01. The molecule has 1 aromatic rings. The van der Waals surface area contributed by atoms with Crippen LogP contribution in [0.5, 0.6) is 23.0 Å². The summed E-state index contributed by atoms with van der Waals surface area (Å²) in [5.74, 6) is 1.99. The van der Waals surface area contributed by atoms with Crippen LogP contribution in [0.1, 0.15) is 19.8 Å². The minimum Gasteiger partial charge on any atom is -0.493 e. The molecule has 3 N–H and O–H groups in total. The normalized spacial score (nSPS) is 13.4. The molecule has 0 aromatic heterocycles. The standard InChI is InChI=1S/C15H25NO5/c1-5-6-11(16)14(9-17)21-10-7-12(18-2)15(20-4)13(8-10)19-3/h7-8,11,14,17H,5-6,9,16H2,1-4H3. The molecule has 0 radical (unpaired) electrons. The van der Waals surface area contributed by atoms with Crippen molar-refractivity contribution in [2.24, 2.45) is 5.73 Å². The fourth-order valence-electron chi connectivity index (χ4n) is 2.08. The molecule has 0 aliphatic carbocycles. The molecule has 0 fully saturated rings. The molecule has 21 heavy (non-hydrogen) atoms. The smallest absolute Gasteiger partial charge is 0.203 e. The molecule has 0 spiro atoms. The second kappa shape index (κ2) is 8.59. The van der Waals surface area contributed by atoms with Crippen LogP contribution < -0.4 is 24.7 Å². The van der Waals surface area contributed by atoms with Gasteiger partial charge in [0.25, 0.3) is 0 Å². The van der Waals surface area contributed by atoms with E-state index in [0.29, 0.717) is 23.0 Å². The topological polar surface area (TPSA) is 83.2 Å². The van der Waals surface area contributed by atoms with Gasteiger partial charge in [-0.3, -0.25) is 0 Å². The van der Waals surface area contributed by atoms with Crippen LogP contribution >= 0.6 is 0 Å². The van der Waals surface area contributed by atoms with E-state index in [1.54, 1.807) is 12.1 Å². The fourth-order valence-corrected chi connectivity index (χ4v) is 2.08. The van der Waals surface area contributed by atoms with Crippen molar-refractivity contribution in [2.75, 3.05) is 27.9 Å². The number of hydrogen-bond acceptors (Lipinski definition) is 6. The Bertz CT molecular complexity index is 413. The van der Waals surface area contributed by atoms with Crippen molar-refractivity contribution >= 4 is 0 Å². The zero-order valence-electron chi connectivity index (χ0n) is 13.1. The minimum atomic E-state index is -0.479. The molecule has 2 atom stereocenters. The first kappa shape index (κ1) is 17.4. The summed E-state index contributed by atoms with van der Waals surface area (Å²) in [4.78, 5) is 0. The van der Waals surface area contributed by atoms with Gasteiger partial charge in [0.2, 0.25) is 5.75 Å². The largest absolute Gasteiger partial charge is 0.493 e. The lowest BCUT2D eigenvalue weighted by Crippen LogP contribution is -2.41. The average molecular weight is 299 g/mol. The lowest BCUT2D eigenvalue weighted by Gasteiger charge is -2.24. The molecular weight excluding hydrogens is 274 g/mol. The Morgan fingerprint density at radius 1 is 1.10 bits per heavy atom. The zero-order valence-corrected chi connectivity index (χ0v) is 13.1. The Hall–Kier alpha value is -1.66. The van der Waals surface area contributed by atoms with Crippen LogP contribution in [-0.2, 0) is 0 Å². The maximum atomic E-state index is 9.45. The van der Waals surface area contributed by atoms with Gasteiger partial charge in [-0.25, -0.2) is 0 Å². The summed E-state index contributed by atoms with van der Waals surface area (Å²) in [5.41, 5.74) is 6.01. The van der Waals surface area contributed by atoms with Gasteiger partial charge in [-0.05, 0) is 6.42 Å². The van der Waals surface area contributed by atoms with E-state index in [1.165, 1.54) is 21.3 Å². The van der Waals surface area contributed by atoms with E-state index in [-0.39, 0.29) is 12.6 Å². The van der Waals surface area contributed by atoms with Crippen LogP contribution in [0.4, 0.5) is 0 Å². The second-order valence-corrected chi connectivity index (χ2v) is 4.65. The third kappa shape index (κ3) is 4.41. The van der Waals surface area contributed by atoms with Gasteiger partial charge in [-0.2, -0.15) is 0 Å². The fraction of sp³-hybridized carbons (Fsp3) is 0.600. The molecule has 2 unspecified atom stereocenters. The van der Waals surface area contributed by atoms with Crippen molar-refractivity contribution in [1.29, 1.82) is 0 Å². The predicted octanol–water partition coefficient (Wildman–Crippen LogP) is 1.58. The van der Waals surface area contributed by atoms with Crippen molar-refractivity contribution in [2.45, 2.75) is 31.9 Å². The highest BCUT2D eigenvalue weighted by Crippen LogP contribution is 2.41. The molecule has 0 aliphatic heterocycles. The van der Waals surface area contributed by atoms with Gasteiger partial charge < -0.3 is 29.8 Å². The molecule has 0 bridgehead atoms. The molecule has 0 saturated heterocycles. The van der Waals surface area contributed by atoms with E-state index in [1.807, 2.05) is 6.92 Å². The van der Waals surface area contributed by atoms with Crippen molar-refractivity contribution < 1.29 is 24.1 Å². The first-order valence-electron chi connectivity index (χ1n) is 6.94. The van der Waals surface area contributed by atoms with E-state index < -0.39 is 6.10 Å². The number of aliphatic hydroxyl groups is 1. The number of rotatable bonds is 9. The number of benzene rings is 1. The van der Waals surface area contributed by atoms with Crippen molar-refractivity contribution in [1.82, 2.24) is 0 Å². The van der Waals surface area contributed by atoms with Crippen molar-refractivity contribution in [3.8, 4) is 23.0 Å². The summed E-state index contributed by atoms with van der Waals surface area (Å²) in [5, 5.41) is 9.45. The van der Waals surface area contributed by atoms with Gasteiger partial charge >= 0.3 is 0 Å². The molecule has 0 saturated carbocycles. The Labute approximate surface area is 125 Å². The molecule has 120 valence electrons. The van der Waals surface area contributed by atoms with Gasteiger partial charge in [0.1, 0.15) is 11.9 Å². The molecule has 0 heterocycles. The van der Waals surface area contributed by atoms with E-state index in [4.69, 9.17) is 24.7 Å². The molecule has 1 rings (SSSR count). The van der Waals surface area contributed by atoms with Crippen LogP contribution in [0.2, 0.25) is 0 Å². The minimum absolute atomic E-state index is 0.155. The number of ether oxygens (including phenoxy) is 4. The predicted molar refractivity (Wildman–Crippen MR) is 80.5 cm³/mol. The average Bonchev–Trinajstić information content (AvgIpc) is 2.51. The monoisotopic (exact) mass is 299 g/mol. The molecule has 6 heteroatoms. The molecular formula is C15H25NO5. The van der Waals surface area contributed by atoms with Gasteiger partial charge in [-0.1, -0.05) is 13.3 Å². The number of hydrogen-bond donors (Lipinski definition) is 2. The summed E-state index contributed by atoms with van der Waals surface area (Å²) in [7, 11) is 4.61. The van der Waals surface area contributed by atoms with E-state index >= 15 is 0 Å². The first-order chi connectivity index (χ1) is 10.1. The number of nitrogens with two attached hydrogens (primary N) is 1. The molecule has 6 nitrogen and oxygen atoms in total. The Morgan fingerprint density at radius 2 is 1.67 bits per heavy atom. The van der Waals surface area contributed by atoms with Crippen LogP contribution in [0, 0.1) is 0 Å². The highest BCUT2D eigenvalue weighted by Gasteiger charge is 2.20. The second-order valence-electron chi connectivity index (χ2n) is 4.65.